The van der Waals surface area contributed by atoms with Crippen molar-refractivity contribution in [2.75, 3.05) is 6.54 Å². The first-order valence-electron chi connectivity index (χ1n) is 9.52. The van der Waals surface area contributed by atoms with E-state index in [1.165, 1.54) is 6.07 Å². The molecule has 0 unspecified atom stereocenters. The van der Waals surface area contributed by atoms with Crippen LogP contribution in [0.5, 0.6) is 11.5 Å². The van der Waals surface area contributed by atoms with Gasteiger partial charge in [0.15, 0.2) is 11.5 Å². The lowest BCUT2D eigenvalue weighted by molar-refractivity contribution is 0.0859. The lowest BCUT2D eigenvalue weighted by Gasteiger charge is -2.23. The van der Waals surface area contributed by atoms with E-state index in [0.29, 0.717) is 6.42 Å². The SMILES string of the molecule is CCCCCCCCN(C(=O)c1ccccc1)S(=O)(=O)c1ccc(O)c(O)c1. The van der Waals surface area contributed by atoms with Gasteiger partial charge in [0.2, 0.25) is 0 Å². The minimum absolute atomic E-state index is 0.0593. The lowest BCUT2D eigenvalue weighted by Crippen LogP contribution is -2.37. The molecular weight excluding hydrogens is 378 g/mol. The van der Waals surface area contributed by atoms with Crippen LogP contribution in [-0.2, 0) is 10.0 Å². The van der Waals surface area contributed by atoms with E-state index in [1.807, 2.05) is 0 Å². The number of aromatic hydroxyl groups is 2. The highest BCUT2D eigenvalue weighted by atomic mass is 32.2. The van der Waals surface area contributed by atoms with Gasteiger partial charge in [0.05, 0.1) is 4.90 Å². The fourth-order valence-electron chi connectivity index (χ4n) is 2.88. The Labute approximate surface area is 166 Å². The third kappa shape index (κ3) is 5.48. The van der Waals surface area contributed by atoms with Crippen LogP contribution in [0.3, 0.4) is 0 Å². The molecule has 2 aromatic carbocycles. The van der Waals surface area contributed by atoms with Gasteiger partial charge in [-0.1, -0.05) is 57.2 Å². The second kappa shape index (κ2) is 10.1. The molecule has 0 radical (unpaired) electrons. The number of carbonyl (C=O) groups excluding carboxylic acids is 1. The van der Waals surface area contributed by atoms with Crippen LogP contribution in [0.15, 0.2) is 53.4 Å². The van der Waals surface area contributed by atoms with Gasteiger partial charge in [0.1, 0.15) is 0 Å². The van der Waals surface area contributed by atoms with Gasteiger partial charge in [0, 0.05) is 18.2 Å². The predicted molar refractivity (Wildman–Crippen MR) is 108 cm³/mol. The molecule has 152 valence electrons. The summed E-state index contributed by atoms with van der Waals surface area (Å²) in [5.41, 5.74) is 0.278. The van der Waals surface area contributed by atoms with Gasteiger partial charge in [0.25, 0.3) is 15.9 Å². The number of nitrogens with zero attached hydrogens (tertiary/aromatic N) is 1. The Morgan fingerprint density at radius 2 is 1.54 bits per heavy atom. The summed E-state index contributed by atoms with van der Waals surface area (Å²) >= 11 is 0. The monoisotopic (exact) mass is 405 g/mol. The van der Waals surface area contributed by atoms with Gasteiger partial charge >= 0.3 is 0 Å². The first kappa shape index (κ1) is 21.8. The summed E-state index contributed by atoms with van der Waals surface area (Å²) in [6.07, 6.45) is 5.72. The van der Waals surface area contributed by atoms with E-state index < -0.39 is 27.4 Å². The standard InChI is InChI=1S/C21H27NO5S/c1-2-3-4-5-6-10-15-22(21(25)17-11-8-7-9-12-17)28(26,27)18-13-14-19(23)20(24)16-18/h7-9,11-14,16,23-24H,2-6,10,15H2,1H3. The third-order valence-electron chi connectivity index (χ3n) is 4.50. The van der Waals surface area contributed by atoms with E-state index in [0.717, 1.165) is 48.5 Å². The van der Waals surface area contributed by atoms with E-state index in [4.69, 9.17) is 0 Å². The summed E-state index contributed by atoms with van der Waals surface area (Å²) in [6.45, 7) is 2.18. The van der Waals surface area contributed by atoms with E-state index in [-0.39, 0.29) is 17.0 Å². The number of carbonyl (C=O) groups is 1. The average molecular weight is 406 g/mol. The van der Waals surface area contributed by atoms with Crippen LogP contribution in [0.4, 0.5) is 0 Å². The summed E-state index contributed by atoms with van der Waals surface area (Å²) in [7, 11) is -4.17. The number of amides is 1. The Hall–Kier alpha value is -2.54. The Balaban J connectivity index is 2.25. The fourth-order valence-corrected chi connectivity index (χ4v) is 4.33. The molecule has 2 aromatic rings. The Morgan fingerprint density at radius 3 is 2.18 bits per heavy atom. The van der Waals surface area contributed by atoms with Crippen molar-refractivity contribution in [3.05, 3.63) is 54.1 Å². The second-order valence-corrected chi connectivity index (χ2v) is 8.53. The molecule has 0 aliphatic rings. The molecule has 0 bridgehead atoms. The van der Waals surface area contributed by atoms with Crippen LogP contribution in [0.2, 0.25) is 0 Å². The van der Waals surface area contributed by atoms with Crippen molar-refractivity contribution < 1.29 is 23.4 Å². The van der Waals surface area contributed by atoms with Crippen LogP contribution in [0.1, 0.15) is 55.8 Å². The maximum Gasteiger partial charge on any atom is 0.267 e. The predicted octanol–water partition coefficient (Wildman–Crippen LogP) is 4.29. The second-order valence-electron chi connectivity index (χ2n) is 6.67. The molecule has 0 saturated heterocycles. The van der Waals surface area contributed by atoms with E-state index in [9.17, 15) is 23.4 Å². The molecular formula is C21H27NO5S. The molecule has 0 spiro atoms. The van der Waals surface area contributed by atoms with Gasteiger partial charge < -0.3 is 10.2 Å². The highest BCUT2D eigenvalue weighted by Crippen LogP contribution is 2.29. The van der Waals surface area contributed by atoms with Gasteiger partial charge in [-0.25, -0.2) is 12.7 Å². The number of hydrogen-bond acceptors (Lipinski definition) is 5. The number of phenolic OH excluding ortho intramolecular Hbond substituents is 2. The fraction of sp³-hybridized carbons (Fsp3) is 0.381. The van der Waals surface area contributed by atoms with Gasteiger partial charge in [-0.05, 0) is 30.7 Å². The van der Waals surface area contributed by atoms with Crippen LogP contribution in [0, 0.1) is 0 Å². The number of benzene rings is 2. The van der Waals surface area contributed by atoms with E-state index in [2.05, 4.69) is 6.92 Å². The summed E-state index contributed by atoms with van der Waals surface area (Å²) in [6, 6.07) is 11.5. The Kier molecular flexibility index (Phi) is 7.87. The zero-order valence-corrected chi connectivity index (χ0v) is 16.9. The molecule has 7 heteroatoms. The summed E-state index contributed by atoms with van der Waals surface area (Å²) in [5, 5.41) is 19.1. The van der Waals surface area contributed by atoms with Crippen LogP contribution in [0.25, 0.3) is 0 Å². The Morgan fingerprint density at radius 1 is 0.893 bits per heavy atom. The minimum atomic E-state index is -4.17. The molecule has 0 aliphatic heterocycles. The maximum absolute atomic E-state index is 13.1. The largest absolute Gasteiger partial charge is 0.504 e. The highest BCUT2D eigenvalue weighted by molar-refractivity contribution is 7.89. The van der Waals surface area contributed by atoms with Crippen molar-refractivity contribution >= 4 is 15.9 Å². The first-order chi connectivity index (χ1) is 13.4. The van der Waals surface area contributed by atoms with Crippen LogP contribution in [-0.4, -0.2) is 35.4 Å². The van der Waals surface area contributed by atoms with Crippen molar-refractivity contribution in [1.29, 1.82) is 0 Å². The molecule has 0 atom stereocenters. The van der Waals surface area contributed by atoms with Crippen LogP contribution < -0.4 is 0 Å². The lowest BCUT2D eigenvalue weighted by atomic mass is 10.1. The zero-order chi connectivity index (χ0) is 20.6. The quantitative estimate of drug-likeness (QED) is 0.454. The number of rotatable bonds is 10. The molecule has 0 heterocycles. The topological polar surface area (TPSA) is 94.9 Å². The normalized spacial score (nSPS) is 11.3. The van der Waals surface area contributed by atoms with Gasteiger partial charge in [-0.2, -0.15) is 0 Å². The van der Waals surface area contributed by atoms with Crippen molar-refractivity contribution in [3.8, 4) is 11.5 Å². The van der Waals surface area contributed by atoms with Crippen molar-refractivity contribution in [1.82, 2.24) is 4.31 Å². The van der Waals surface area contributed by atoms with E-state index in [1.54, 1.807) is 30.3 Å². The average Bonchev–Trinajstić information content (AvgIpc) is 2.69. The van der Waals surface area contributed by atoms with Crippen molar-refractivity contribution in [2.24, 2.45) is 0 Å². The number of unbranched alkanes of at least 4 members (excludes halogenated alkanes) is 5. The van der Waals surface area contributed by atoms with Gasteiger partial charge in [-0.15, -0.1) is 0 Å². The molecule has 0 aromatic heterocycles. The number of sulfonamides is 1. The third-order valence-corrected chi connectivity index (χ3v) is 6.28. The molecule has 0 aliphatic carbocycles. The molecule has 0 saturated carbocycles. The van der Waals surface area contributed by atoms with E-state index >= 15 is 0 Å². The molecule has 6 nitrogen and oxygen atoms in total. The molecule has 1 amide bonds. The molecule has 2 N–H and O–H groups in total. The summed E-state index contributed by atoms with van der Waals surface area (Å²) in [5.74, 6) is -1.58. The Bertz CT molecular complexity index is 881. The zero-order valence-electron chi connectivity index (χ0n) is 16.0. The highest BCUT2D eigenvalue weighted by Gasteiger charge is 2.30. The van der Waals surface area contributed by atoms with Crippen LogP contribution >= 0.6 is 0 Å². The summed E-state index contributed by atoms with van der Waals surface area (Å²) < 4.78 is 27.0. The number of phenols is 2. The van der Waals surface area contributed by atoms with Gasteiger partial charge in [-0.3, -0.25) is 4.79 Å². The molecule has 0 fully saturated rings. The summed E-state index contributed by atoms with van der Waals surface area (Å²) in [4.78, 5) is 12.7. The maximum atomic E-state index is 13.1. The molecule has 2 rings (SSSR count). The smallest absolute Gasteiger partial charge is 0.267 e. The minimum Gasteiger partial charge on any atom is -0.504 e. The van der Waals surface area contributed by atoms with Crippen molar-refractivity contribution in [2.45, 2.75) is 50.3 Å². The van der Waals surface area contributed by atoms with Crippen molar-refractivity contribution in [3.63, 3.8) is 0 Å². The number of hydrogen-bond donors (Lipinski definition) is 2. The first-order valence-corrected chi connectivity index (χ1v) is 11.0. The molecule has 28 heavy (non-hydrogen) atoms.